The lowest BCUT2D eigenvalue weighted by Gasteiger charge is -2.24. The highest BCUT2D eigenvalue weighted by Gasteiger charge is 2.27. The van der Waals surface area contributed by atoms with E-state index in [1.54, 1.807) is 29.4 Å². The molecule has 0 aliphatic carbocycles. The van der Waals surface area contributed by atoms with Crippen molar-refractivity contribution in [2.75, 3.05) is 20.3 Å². The fourth-order valence-corrected chi connectivity index (χ4v) is 3.92. The summed E-state index contributed by atoms with van der Waals surface area (Å²) >= 11 is 1.67. The van der Waals surface area contributed by atoms with Crippen LogP contribution in [0, 0.1) is 6.92 Å². The maximum absolute atomic E-state index is 12.7. The van der Waals surface area contributed by atoms with Gasteiger partial charge in [-0.15, -0.1) is 11.3 Å². The first-order chi connectivity index (χ1) is 12.0. The second kappa shape index (κ2) is 7.45. The molecule has 25 heavy (non-hydrogen) atoms. The zero-order valence-corrected chi connectivity index (χ0v) is 15.6. The smallest absolute Gasteiger partial charge is 0.252 e. The van der Waals surface area contributed by atoms with Crippen LogP contribution in [0.25, 0.3) is 10.4 Å². The van der Waals surface area contributed by atoms with Gasteiger partial charge < -0.3 is 19.5 Å². The van der Waals surface area contributed by atoms with Crippen molar-refractivity contribution in [1.29, 1.82) is 0 Å². The lowest BCUT2D eigenvalue weighted by atomic mass is 10.1. The van der Waals surface area contributed by atoms with Crippen LogP contribution in [0.1, 0.15) is 23.8 Å². The minimum absolute atomic E-state index is 0.0432. The van der Waals surface area contributed by atoms with Crippen LogP contribution < -0.4 is 4.74 Å². The van der Waals surface area contributed by atoms with Gasteiger partial charge in [-0.05, 0) is 43.2 Å². The van der Waals surface area contributed by atoms with Gasteiger partial charge in [-0.3, -0.25) is 4.79 Å². The largest absolute Gasteiger partial charge is 0.504 e. The highest BCUT2D eigenvalue weighted by atomic mass is 32.1. The molecule has 0 radical (unpaired) electrons. The van der Waals surface area contributed by atoms with E-state index in [-0.39, 0.29) is 11.7 Å². The predicted octanol–water partition coefficient (Wildman–Crippen LogP) is 3.58. The number of thiophene rings is 1. The molecule has 0 fully saturated rings. The lowest BCUT2D eigenvalue weighted by molar-refractivity contribution is -0.142. The first-order valence-corrected chi connectivity index (χ1v) is 9.22. The van der Waals surface area contributed by atoms with Gasteiger partial charge in [-0.2, -0.15) is 0 Å². The third-order valence-corrected chi connectivity index (χ3v) is 5.43. The van der Waals surface area contributed by atoms with E-state index >= 15 is 0 Å². The molecule has 0 saturated carbocycles. The van der Waals surface area contributed by atoms with Crippen molar-refractivity contribution in [3.8, 4) is 21.9 Å². The summed E-state index contributed by atoms with van der Waals surface area (Å²) in [7, 11) is 1.55. The van der Waals surface area contributed by atoms with E-state index in [0.29, 0.717) is 31.9 Å². The summed E-state index contributed by atoms with van der Waals surface area (Å²) in [6, 6.07) is 7.82. The van der Waals surface area contributed by atoms with Gasteiger partial charge in [0.1, 0.15) is 12.7 Å². The molecular formula is C19H23NO4S. The molecule has 1 N–H and O–H groups in total. The van der Waals surface area contributed by atoms with Gasteiger partial charge in [-0.25, -0.2) is 0 Å². The molecule has 1 amide bonds. The molecule has 1 aliphatic rings. The minimum atomic E-state index is -0.446. The number of aromatic hydroxyl groups is 1. The molecule has 2 heterocycles. The molecule has 3 rings (SSSR count). The topological polar surface area (TPSA) is 59.0 Å². The Morgan fingerprint density at radius 2 is 2.24 bits per heavy atom. The fourth-order valence-electron chi connectivity index (χ4n) is 3.06. The second-order valence-electron chi connectivity index (χ2n) is 6.13. The van der Waals surface area contributed by atoms with E-state index in [2.05, 4.69) is 13.0 Å². The van der Waals surface area contributed by atoms with E-state index in [0.717, 1.165) is 16.0 Å². The number of nitrogens with zero attached hydrogens (tertiary/aromatic N) is 1. The molecule has 0 saturated heterocycles. The van der Waals surface area contributed by atoms with Crippen LogP contribution in [-0.4, -0.2) is 42.3 Å². The summed E-state index contributed by atoms with van der Waals surface area (Å²) in [4.78, 5) is 16.7. The van der Waals surface area contributed by atoms with Crippen LogP contribution in [0.4, 0.5) is 0 Å². The number of rotatable bonds is 4. The van der Waals surface area contributed by atoms with Crippen molar-refractivity contribution in [3.63, 3.8) is 0 Å². The number of carbonyl (C=O) groups excluding carboxylic acids is 1. The molecule has 5 nitrogen and oxygen atoms in total. The van der Waals surface area contributed by atoms with Crippen molar-refractivity contribution >= 4 is 17.2 Å². The minimum Gasteiger partial charge on any atom is -0.504 e. The summed E-state index contributed by atoms with van der Waals surface area (Å²) in [5.41, 5.74) is 1.75. The Labute approximate surface area is 151 Å². The predicted molar refractivity (Wildman–Crippen MR) is 98.2 cm³/mol. The average Bonchev–Trinajstić information content (AvgIpc) is 2.91. The molecule has 1 aromatic carbocycles. The van der Waals surface area contributed by atoms with Crippen molar-refractivity contribution in [2.24, 2.45) is 0 Å². The number of carbonyl (C=O) groups is 1. The number of fused-ring (bicyclic) bond motifs is 1. The molecule has 1 aromatic heterocycles. The van der Waals surface area contributed by atoms with Gasteiger partial charge >= 0.3 is 0 Å². The van der Waals surface area contributed by atoms with Crippen molar-refractivity contribution in [3.05, 3.63) is 34.7 Å². The third-order valence-electron chi connectivity index (χ3n) is 4.38. The zero-order chi connectivity index (χ0) is 18.0. The van der Waals surface area contributed by atoms with Crippen LogP contribution in [0.3, 0.4) is 0 Å². The third kappa shape index (κ3) is 3.65. The van der Waals surface area contributed by atoms with Crippen LogP contribution >= 0.6 is 11.3 Å². The van der Waals surface area contributed by atoms with Crippen molar-refractivity contribution in [2.45, 2.75) is 32.9 Å². The van der Waals surface area contributed by atoms with Crippen molar-refractivity contribution < 1.29 is 19.4 Å². The van der Waals surface area contributed by atoms with Crippen molar-refractivity contribution in [1.82, 2.24) is 4.90 Å². The first kappa shape index (κ1) is 17.8. The standard InChI is InChI=1S/C19H23NO4S/c1-4-16(23-3)19(22)20-7-8-24-18-14(11-20)9-13(10-15(18)21)17-6-5-12(2)25-17/h5-6,9-10,16,21H,4,7-8,11H2,1-3H3. The molecular weight excluding hydrogens is 338 g/mol. The molecule has 134 valence electrons. The van der Waals surface area contributed by atoms with Crippen LogP contribution in [0.2, 0.25) is 0 Å². The van der Waals surface area contributed by atoms with Gasteiger partial charge in [0, 0.05) is 29.0 Å². The van der Waals surface area contributed by atoms with Gasteiger partial charge in [-0.1, -0.05) is 6.92 Å². The highest BCUT2D eigenvalue weighted by molar-refractivity contribution is 7.15. The summed E-state index contributed by atoms with van der Waals surface area (Å²) in [6.07, 6.45) is 0.178. The maximum Gasteiger partial charge on any atom is 0.252 e. The van der Waals surface area contributed by atoms with Gasteiger partial charge in [0.05, 0.1) is 6.54 Å². The van der Waals surface area contributed by atoms with Gasteiger partial charge in [0.15, 0.2) is 11.5 Å². The number of benzene rings is 1. The van der Waals surface area contributed by atoms with Crippen LogP contribution in [0.15, 0.2) is 24.3 Å². The Morgan fingerprint density at radius 3 is 2.88 bits per heavy atom. The lowest BCUT2D eigenvalue weighted by Crippen LogP contribution is -2.40. The van der Waals surface area contributed by atoms with Gasteiger partial charge in [0.2, 0.25) is 0 Å². The van der Waals surface area contributed by atoms with Crippen LogP contribution in [0.5, 0.6) is 11.5 Å². The SMILES string of the molecule is CCC(OC)C(=O)N1CCOc2c(O)cc(-c3ccc(C)s3)cc2C1. The second-order valence-corrected chi connectivity index (χ2v) is 7.42. The summed E-state index contributed by atoms with van der Waals surface area (Å²) in [6.45, 7) is 5.21. The highest BCUT2D eigenvalue weighted by Crippen LogP contribution is 2.39. The Bertz CT molecular complexity index is 767. The zero-order valence-electron chi connectivity index (χ0n) is 14.7. The summed E-state index contributed by atoms with van der Waals surface area (Å²) in [5, 5.41) is 10.4. The summed E-state index contributed by atoms with van der Waals surface area (Å²) < 4.78 is 11.0. The van der Waals surface area contributed by atoms with Gasteiger partial charge in [0.25, 0.3) is 5.91 Å². The number of phenols is 1. The number of phenolic OH excluding ortho intramolecular Hbond substituents is 1. The Balaban J connectivity index is 1.94. The quantitative estimate of drug-likeness (QED) is 0.904. The van der Waals surface area contributed by atoms with E-state index in [9.17, 15) is 9.90 Å². The molecule has 2 aromatic rings. The van der Waals surface area contributed by atoms with Crippen LogP contribution in [-0.2, 0) is 16.1 Å². The normalized spacial score (nSPS) is 15.2. The van der Waals surface area contributed by atoms with E-state index in [1.807, 2.05) is 19.1 Å². The number of ether oxygens (including phenoxy) is 2. The number of hydrogen-bond acceptors (Lipinski definition) is 5. The average molecular weight is 361 g/mol. The molecule has 1 unspecified atom stereocenters. The number of hydrogen-bond donors (Lipinski definition) is 1. The molecule has 6 heteroatoms. The molecule has 1 atom stereocenters. The fraction of sp³-hybridized carbons (Fsp3) is 0.421. The first-order valence-electron chi connectivity index (χ1n) is 8.40. The molecule has 1 aliphatic heterocycles. The monoisotopic (exact) mass is 361 g/mol. The number of amides is 1. The Hall–Kier alpha value is -2.05. The maximum atomic E-state index is 12.7. The Morgan fingerprint density at radius 1 is 1.44 bits per heavy atom. The summed E-state index contributed by atoms with van der Waals surface area (Å²) in [5.74, 6) is 0.544. The molecule has 0 bridgehead atoms. The number of aryl methyl sites for hydroxylation is 1. The molecule has 0 spiro atoms. The van der Waals surface area contributed by atoms with E-state index < -0.39 is 6.10 Å². The number of methoxy groups -OCH3 is 1. The van der Waals surface area contributed by atoms with E-state index in [4.69, 9.17) is 9.47 Å². The Kier molecular flexibility index (Phi) is 5.30. The van der Waals surface area contributed by atoms with E-state index in [1.165, 1.54) is 4.88 Å².